The highest BCUT2D eigenvalue weighted by molar-refractivity contribution is 5.48. The third kappa shape index (κ3) is 2.13. The second-order valence-electron chi connectivity index (χ2n) is 7.25. The molecule has 0 saturated heterocycles. The van der Waals surface area contributed by atoms with E-state index in [1.54, 1.807) is 0 Å². The first kappa shape index (κ1) is 13.9. The summed E-state index contributed by atoms with van der Waals surface area (Å²) in [4.78, 5) is 0. The average Bonchev–Trinajstić information content (AvgIpc) is 2.78. The molecule has 0 heterocycles. The third-order valence-electron chi connectivity index (χ3n) is 6.22. The third-order valence-corrected chi connectivity index (χ3v) is 6.22. The Morgan fingerprint density at radius 3 is 2.55 bits per heavy atom. The lowest BCUT2D eigenvalue weighted by atomic mass is 9.70. The van der Waals surface area contributed by atoms with E-state index in [2.05, 4.69) is 57.2 Å². The summed E-state index contributed by atoms with van der Waals surface area (Å²) in [5.41, 5.74) is 2.06. The molecule has 2 fully saturated rings. The van der Waals surface area contributed by atoms with Crippen molar-refractivity contribution in [1.82, 2.24) is 0 Å². The predicted molar refractivity (Wildman–Crippen MR) is 84.4 cm³/mol. The minimum absolute atomic E-state index is 0.373. The van der Waals surface area contributed by atoms with Gasteiger partial charge in [-0.2, -0.15) is 0 Å². The van der Waals surface area contributed by atoms with Gasteiger partial charge < -0.3 is 4.74 Å². The van der Waals surface area contributed by atoms with Crippen LogP contribution in [0.1, 0.15) is 45.6 Å². The lowest BCUT2D eigenvalue weighted by Crippen LogP contribution is -2.37. The van der Waals surface area contributed by atoms with Crippen molar-refractivity contribution in [2.24, 2.45) is 16.7 Å². The highest BCUT2D eigenvalue weighted by atomic mass is 16.5. The molecule has 1 nitrogen and oxygen atoms in total. The molecule has 0 aliphatic heterocycles. The zero-order valence-corrected chi connectivity index (χ0v) is 12.9. The maximum atomic E-state index is 6.21. The predicted octanol–water partition coefficient (Wildman–Crippen LogP) is 4.93. The van der Waals surface area contributed by atoms with Gasteiger partial charge in [-0.1, -0.05) is 63.3 Å². The van der Waals surface area contributed by atoms with Crippen LogP contribution in [0.25, 0.3) is 6.08 Å². The van der Waals surface area contributed by atoms with E-state index in [1.165, 1.54) is 24.8 Å². The molecule has 1 aromatic rings. The van der Waals surface area contributed by atoms with E-state index >= 15 is 0 Å². The number of ether oxygens (including phenoxy) is 1. The van der Waals surface area contributed by atoms with Crippen LogP contribution in [-0.4, -0.2) is 12.7 Å². The number of hydrogen-bond donors (Lipinski definition) is 0. The Bertz CT molecular complexity index is 488. The molecule has 108 valence electrons. The highest BCUT2D eigenvalue weighted by Crippen LogP contribution is 2.66. The minimum Gasteiger partial charge on any atom is -0.374 e. The molecule has 3 atom stereocenters. The van der Waals surface area contributed by atoms with Crippen LogP contribution in [0.15, 0.2) is 36.4 Å². The molecule has 0 N–H and O–H groups in total. The van der Waals surface area contributed by atoms with E-state index in [9.17, 15) is 0 Å². The zero-order chi connectivity index (χ0) is 14.2. The van der Waals surface area contributed by atoms with E-state index in [0.29, 0.717) is 16.9 Å². The van der Waals surface area contributed by atoms with Crippen molar-refractivity contribution in [1.29, 1.82) is 0 Å². The van der Waals surface area contributed by atoms with E-state index in [-0.39, 0.29) is 0 Å². The van der Waals surface area contributed by atoms with Crippen LogP contribution in [-0.2, 0) is 4.74 Å². The Kier molecular flexibility index (Phi) is 3.50. The van der Waals surface area contributed by atoms with Gasteiger partial charge in [-0.15, -0.1) is 0 Å². The Morgan fingerprint density at radius 1 is 1.20 bits per heavy atom. The van der Waals surface area contributed by atoms with Crippen LogP contribution >= 0.6 is 0 Å². The van der Waals surface area contributed by atoms with Gasteiger partial charge in [0.1, 0.15) is 0 Å². The van der Waals surface area contributed by atoms with Crippen molar-refractivity contribution >= 4 is 6.08 Å². The molecule has 0 aromatic heterocycles. The Morgan fingerprint density at radius 2 is 1.95 bits per heavy atom. The van der Waals surface area contributed by atoms with E-state index in [0.717, 1.165) is 12.5 Å². The van der Waals surface area contributed by atoms with Crippen LogP contribution in [0.2, 0.25) is 0 Å². The van der Waals surface area contributed by atoms with E-state index < -0.39 is 0 Å². The summed E-state index contributed by atoms with van der Waals surface area (Å²) < 4.78 is 6.21. The van der Waals surface area contributed by atoms with E-state index in [4.69, 9.17) is 4.74 Å². The van der Waals surface area contributed by atoms with Gasteiger partial charge in [-0.25, -0.2) is 0 Å². The van der Waals surface area contributed by atoms with Crippen molar-refractivity contribution in [2.45, 2.75) is 46.1 Å². The van der Waals surface area contributed by atoms with Gasteiger partial charge in [-0.3, -0.25) is 0 Å². The standard InChI is InChI=1S/C19H26O/c1-18(2)16-11-12-19(18,3)17(14-16)20-13-7-10-15-8-5-4-6-9-15/h4-10,16-17H,11-14H2,1-3H3/b10-7+/t16-,17-,19-/m0/s1. The normalized spacial score (nSPS) is 35.0. The van der Waals surface area contributed by atoms with Gasteiger partial charge in [0, 0.05) is 0 Å². The lowest BCUT2D eigenvalue weighted by Gasteiger charge is -2.38. The lowest BCUT2D eigenvalue weighted by molar-refractivity contribution is -0.0350. The van der Waals surface area contributed by atoms with Crippen LogP contribution < -0.4 is 0 Å². The van der Waals surface area contributed by atoms with Crippen molar-refractivity contribution in [3.63, 3.8) is 0 Å². The monoisotopic (exact) mass is 270 g/mol. The van der Waals surface area contributed by atoms with Gasteiger partial charge in [-0.05, 0) is 41.6 Å². The van der Waals surface area contributed by atoms with Crippen molar-refractivity contribution in [3.8, 4) is 0 Å². The fourth-order valence-corrected chi connectivity index (χ4v) is 4.30. The summed E-state index contributed by atoms with van der Waals surface area (Å²) in [6, 6.07) is 10.4. The average molecular weight is 270 g/mol. The van der Waals surface area contributed by atoms with E-state index in [1.807, 2.05) is 6.07 Å². The molecule has 3 rings (SSSR count). The van der Waals surface area contributed by atoms with Gasteiger partial charge >= 0.3 is 0 Å². The fourth-order valence-electron chi connectivity index (χ4n) is 4.30. The molecule has 1 aromatic carbocycles. The fraction of sp³-hybridized carbons (Fsp3) is 0.579. The molecule has 2 bridgehead atoms. The number of rotatable bonds is 4. The van der Waals surface area contributed by atoms with Crippen LogP contribution in [0, 0.1) is 16.7 Å². The molecule has 20 heavy (non-hydrogen) atoms. The zero-order valence-electron chi connectivity index (χ0n) is 12.9. The molecule has 1 heteroatoms. The maximum absolute atomic E-state index is 6.21. The summed E-state index contributed by atoms with van der Waals surface area (Å²) in [7, 11) is 0. The number of benzene rings is 1. The first-order valence-corrected chi connectivity index (χ1v) is 7.87. The number of fused-ring (bicyclic) bond motifs is 2. The molecule has 0 radical (unpaired) electrons. The summed E-state index contributed by atoms with van der Waals surface area (Å²) in [6.07, 6.45) is 8.72. The van der Waals surface area contributed by atoms with Crippen LogP contribution in [0.3, 0.4) is 0 Å². The molecule has 0 amide bonds. The summed E-state index contributed by atoms with van der Waals surface area (Å²) in [6.45, 7) is 8.05. The maximum Gasteiger partial charge on any atom is 0.0654 e. The van der Waals surface area contributed by atoms with Crippen LogP contribution in [0.5, 0.6) is 0 Å². The summed E-state index contributed by atoms with van der Waals surface area (Å²) >= 11 is 0. The van der Waals surface area contributed by atoms with Gasteiger partial charge in [0.15, 0.2) is 0 Å². The molecule has 0 spiro atoms. The topological polar surface area (TPSA) is 9.23 Å². The molecular weight excluding hydrogens is 244 g/mol. The van der Waals surface area contributed by atoms with Crippen LogP contribution in [0.4, 0.5) is 0 Å². The van der Waals surface area contributed by atoms with Crippen molar-refractivity contribution in [3.05, 3.63) is 42.0 Å². The Balaban J connectivity index is 1.57. The molecule has 2 aliphatic carbocycles. The van der Waals surface area contributed by atoms with Gasteiger partial charge in [0.25, 0.3) is 0 Å². The second kappa shape index (κ2) is 5.04. The molecule has 2 saturated carbocycles. The number of hydrogen-bond acceptors (Lipinski definition) is 1. The Hall–Kier alpha value is -1.08. The summed E-state index contributed by atoms with van der Waals surface area (Å²) in [5, 5.41) is 0. The molecule has 0 unspecified atom stereocenters. The molecule has 2 aliphatic rings. The smallest absolute Gasteiger partial charge is 0.0654 e. The molecular formula is C19H26O. The first-order chi connectivity index (χ1) is 9.54. The SMILES string of the molecule is CC1(C)[C@H]2CC[C@@]1(C)[C@@H](OC/C=C/c1ccccc1)C2. The quantitative estimate of drug-likeness (QED) is 0.753. The highest BCUT2D eigenvalue weighted by Gasteiger charge is 2.61. The summed E-state index contributed by atoms with van der Waals surface area (Å²) in [5.74, 6) is 0.857. The largest absolute Gasteiger partial charge is 0.374 e. The van der Waals surface area contributed by atoms with Gasteiger partial charge in [0.05, 0.1) is 12.7 Å². The van der Waals surface area contributed by atoms with Crippen molar-refractivity contribution in [2.75, 3.05) is 6.61 Å². The Labute approximate surface area is 123 Å². The first-order valence-electron chi connectivity index (χ1n) is 7.87. The second-order valence-corrected chi connectivity index (χ2v) is 7.25. The van der Waals surface area contributed by atoms with Gasteiger partial charge in [0.2, 0.25) is 0 Å². The minimum atomic E-state index is 0.373. The van der Waals surface area contributed by atoms with Crippen molar-refractivity contribution < 1.29 is 4.74 Å².